The fraction of sp³-hybridized carbons (Fsp3) is 0.727. The third-order valence-electron chi connectivity index (χ3n) is 5.35. The third kappa shape index (κ3) is 7.02. The average Bonchev–Trinajstić information content (AvgIpc) is 3.37. The second-order valence-corrected chi connectivity index (χ2v) is 18.2. The molecule has 0 saturated carbocycles. The fourth-order valence-corrected chi connectivity index (χ4v) is 16.9. The van der Waals surface area contributed by atoms with Gasteiger partial charge in [-0.1, -0.05) is 112 Å². The lowest BCUT2D eigenvalue weighted by atomic mass is 10.1. The van der Waals surface area contributed by atoms with Gasteiger partial charge in [0.25, 0.3) is 0 Å². The van der Waals surface area contributed by atoms with Crippen molar-refractivity contribution in [3.05, 3.63) is 25.4 Å². The second kappa shape index (κ2) is 13.2. The van der Waals surface area contributed by atoms with E-state index in [2.05, 4.69) is 108 Å². The average molecular weight is 553 g/mol. The number of unbranched alkanes of at least 4 members (excludes halogenated alkanes) is 6. The summed E-state index contributed by atoms with van der Waals surface area (Å²) in [4.78, 5) is 0. The summed E-state index contributed by atoms with van der Waals surface area (Å²) in [5.41, 5.74) is 0. The van der Waals surface area contributed by atoms with Crippen molar-refractivity contribution in [1.29, 1.82) is 0 Å². The van der Waals surface area contributed by atoms with Crippen molar-refractivity contribution in [3.8, 4) is 0 Å². The van der Waals surface area contributed by atoms with E-state index in [9.17, 15) is 0 Å². The molecular formula is C22H32S8. The smallest absolute Gasteiger partial charge is 0.0717 e. The lowest BCUT2D eigenvalue weighted by Crippen LogP contribution is -2.09. The van der Waals surface area contributed by atoms with Gasteiger partial charge < -0.3 is 0 Å². The molecule has 4 heterocycles. The molecule has 0 aromatic rings. The van der Waals surface area contributed by atoms with E-state index in [4.69, 9.17) is 0 Å². The van der Waals surface area contributed by atoms with Gasteiger partial charge in [0, 0.05) is 22.0 Å². The molecule has 0 saturated heterocycles. The molecule has 0 spiro atoms. The first kappa shape index (κ1) is 25.1. The number of rotatable bonds is 10. The first-order chi connectivity index (χ1) is 14.8. The molecule has 0 amide bonds. The van der Waals surface area contributed by atoms with Crippen LogP contribution in [0, 0.1) is 0 Å². The Balaban J connectivity index is 1.25. The molecule has 0 aromatic heterocycles. The van der Waals surface area contributed by atoms with Gasteiger partial charge in [0.1, 0.15) is 0 Å². The molecule has 4 rings (SSSR count). The zero-order valence-electron chi connectivity index (χ0n) is 17.9. The summed E-state index contributed by atoms with van der Waals surface area (Å²) in [6.07, 6.45) is 14.0. The highest BCUT2D eigenvalue weighted by Gasteiger charge is 2.36. The zero-order valence-corrected chi connectivity index (χ0v) is 24.4. The minimum absolute atomic E-state index is 0.831. The van der Waals surface area contributed by atoms with E-state index in [0.717, 1.165) is 10.5 Å². The normalized spacial score (nSPS) is 29.0. The van der Waals surface area contributed by atoms with Gasteiger partial charge in [-0.15, -0.1) is 47.0 Å². The first-order valence-corrected chi connectivity index (χ1v) is 18.3. The molecule has 8 heteroatoms. The topological polar surface area (TPSA) is 0 Å². The zero-order chi connectivity index (χ0) is 20.8. The maximum Gasteiger partial charge on any atom is 0.0717 e. The molecule has 0 fully saturated rings. The summed E-state index contributed by atoms with van der Waals surface area (Å²) in [6.45, 7) is 4.61. The minimum atomic E-state index is 0.831. The van der Waals surface area contributed by atoms with Crippen LogP contribution in [0.25, 0.3) is 0 Å². The van der Waals surface area contributed by atoms with Crippen LogP contribution in [0.15, 0.2) is 25.4 Å². The quantitative estimate of drug-likeness (QED) is 0.242. The van der Waals surface area contributed by atoms with Crippen LogP contribution in [0.5, 0.6) is 0 Å². The van der Waals surface area contributed by atoms with Gasteiger partial charge in [0.15, 0.2) is 0 Å². The Labute approximate surface area is 217 Å². The predicted octanol–water partition coefficient (Wildman–Crippen LogP) is 11.0. The van der Waals surface area contributed by atoms with E-state index in [1.807, 2.05) is 0 Å². The van der Waals surface area contributed by atoms with Crippen molar-refractivity contribution >= 4 is 94.1 Å². The first-order valence-electron chi connectivity index (χ1n) is 11.3. The van der Waals surface area contributed by atoms with E-state index < -0.39 is 0 Å². The predicted molar refractivity (Wildman–Crippen MR) is 157 cm³/mol. The lowest BCUT2D eigenvalue weighted by molar-refractivity contribution is 0.633. The van der Waals surface area contributed by atoms with E-state index in [1.54, 1.807) is 25.4 Å². The molecule has 0 radical (unpaired) electrons. The van der Waals surface area contributed by atoms with Crippen LogP contribution in [0.4, 0.5) is 0 Å². The third-order valence-corrected chi connectivity index (χ3v) is 18.1. The molecule has 0 aromatic carbocycles. The van der Waals surface area contributed by atoms with Crippen molar-refractivity contribution < 1.29 is 0 Å². The maximum atomic E-state index is 2.31. The molecular weight excluding hydrogens is 521 g/mol. The van der Waals surface area contributed by atoms with Gasteiger partial charge >= 0.3 is 0 Å². The number of hydrogen-bond acceptors (Lipinski definition) is 8. The van der Waals surface area contributed by atoms with Crippen molar-refractivity contribution in [2.75, 3.05) is 11.5 Å². The molecule has 168 valence electrons. The Bertz CT molecular complexity index is 637. The van der Waals surface area contributed by atoms with E-state index >= 15 is 0 Å². The number of thioether (sulfide) groups is 8. The van der Waals surface area contributed by atoms with Crippen LogP contribution in [0.3, 0.4) is 0 Å². The largest absolute Gasteiger partial charge is 0.116 e. The van der Waals surface area contributed by atoms with Gasteiger partial charge in [-0.05, 0) is 12.8 Å². The van der Waals surface area contributed by atoms with E-state index in [1.165, 1.54) is 75.7 Å². The van der Waals surface area contributed by atoms with Crippen molar-refractivity contribution in [1.82, 2.24) is 0 Å². The number of hydrogen-bond donors (Lipinski definition) is 0. The highest BCUT2D eigenvalue weighted by molar-refractivity contribution is 8.45. The molecule has 0 aliphatic carbocycles. The van der Waals surface area contributed by atoms with Crippen LogP contribution in [-0.4, -0.2) is 22.0 Å². The molecule has 0 nitrogen and oxygen atoms in total. The maximum absolute atomic E-state index is 2.31. The molecule has 2 unspecified atom stereocenters. The molecule has 30 heavy (non-hydrogen) atoms. The lowest BCUT2D eigenvalue weighted by Gasteiger charge is -2.21. The van der Waals surface area contributed by atoms with Gasteiger partial charge in [-0.3, -0.25) is 0 Å². The summed E-state index contributed by atoms with van der Waals surface area (Å²) >= 11 is 16.9. The Morgan fingerprint density at radius 1 is 0.533 bits per heavy atom. The molecule has 2 atom stereocenters. The van der Waals surface area contributed by atoms with Crippen LogP contribution in [0.1, 0.15) is 78.1 Å². The van der Waals surface area contributed by atoms with E-state index in [-0.39, 0.29) is 0 Å². The fourth-order valence-electron chi connectivity index (χ4n) is 3.62. The van der Waals surface area contributed by atoms with Gasteiger partial charge in [-0.25, -0.2) is 0 Å². The van der Waals surface area contributed by atoms with Gasteiger partial charge in [0.2, 0.25) is 0 Å². The van der Waals surface area contributed by atoms with Crippen molar-refractivity contribution in [2.45, 2.75) is 88.6 Å². The highest BCUT2D eigenvalue weighted by atomic mass is 32.3. The SMILES string of the molecule is CCCCCCC1CSC2=C(S/C(=C3\SC4=C(S3)SC(CCCCCC)CS4)S2)S1. The van der Waals surface area contributed by atoms with Crippen LogP contribution in [0.2, 0.25) is 0 Å². The molecule has 0 N–H and O–H groups in total. The Kier molecular flexibility index (Phi) is 11.1. The summed E-state index contributed by atoms with van der Waals surface area (Å²) in [5, 5.41) is 1.66. The Morgan fingerprint density at radius 3 is 1.40 bits per heavy atom. The van der Waals surface area contributed by atoms with E-state index in [0.29, 0.717) is 0 Å². The van der Waals surface area contributed by atoms with Crippen molar-refractivity contribution in [2.24, 2.45) is 0 Å². The standard InChI is InChI=1S/C22H32S8/c1-3-5-7-9-11-15-13-23-17-19(25-15)29-21(27-17)22-28-18-20(30-22)26-16(14-24-18)12-10-8-6-4-2/h15-16H,3-14H2,1-2H3/b22-21+. The van der Waals surface area contributed by atoms with Crippen molar-refractivity contribution in [3.63, 3.8) is 0 Å². The minimum Gasteiger partial charge on any atom is -0.116 e. The monoisotopic (exact) mass is 552 g/mol. The van der Waals surface area contributed by atoms with Gasteiger partial charge in [0.05, 0.1) is 25.4 Å². The summed E-state index contributed by atoms with van der Waals surface area (Å²) in [6, 6.07) is 0. The Morgan fingerprint density at radius 2 is 0.967 bits per heavy atom. The summed E-state index contributed by atoms with van der Waals surface area (Å²) < 4.78 is 9.54. The summed E-state index contributed by atoms with van der Waals surface area (Å²) in [5.74, 6) is 2.62. The van der Waals surface area contributed by atoms with Crippen LogP contribution < -0.4 is 0 Å². The molecule has 4 aliphatic rings. The summed E-state index contributed by atoms with van der Waals surface area (Å²) in [7, 11) is 0. The van der Waals surface area contributed by atoms with Crippen LogP contribution >= 0.6 is 94.1 Å². The molecule has 4 aliphatic heterocycles. The van der Waals surface area contributed by atoms with Crippen LogP contribution in [-0.2, 0) is 0 Å². The highest BCUT2D eigenvalue weighted by Crippen LogP contribution is 2.68. The van der Waals surface area contributed by atoms with Gasteiger partial charge in [-0.2, -0.15) is 0 Å². The second-order valence-electron chi connectivity index (χ2n) is 7.93. The Hall–Kier alpha value is 2.02. The molecule has 0 bridgehead atoms.